The SMILES string of the molecule is CCc1ccc2nc(N(CCN(CC)CC)C(=O)c3cccc(SC)c3)sc2c1.Cl. The number of carbonyl (C=O) groups is 1. The summed E-state index contributed by atoms with van der Waals surface area (Å²) in [6.07, 6.45) is 3.02. The minimum atomic E-state index is 0. The van der Waals surface area contributed by atoms with Gasteiger partial charge in [0, 0.05) is 23.5 Å². The first-order chi connectivity index (χ1) is 14.1. The highest BCUT2D eigenvalue weighted by atomic mass is 35.5. The monoisotopic (exact) mass is 463 g/mol. The first-order valence-corrected chi connectivity index (χ1v) is 12.2. The Labute approximate surface area is 194 Å². The number of likely N-dealkylation sites (N-methyl/N-ethyl adjacent to an activating group) is 1. The number of benzene rings is 2. The molecule has 4 nitrogen and oxygen atoms in total. The molecular weight excluding hydrogens is 434 g/mol. The van der Waals surface area contributed by atoms with Crippen molar-refractivity contribution >= 4 is 56.8 Å². The topological polar surface area (TPSA) is 36.4 Å². The van der Waals surface area contributed by atoms with Gasteiger partial charge in [0.1, 0.15) is 0 Å². The molecule has 30 heavy (non-hydrogen) atoms. The van der Waals surface area contributed by atoms with E-state index in [0.717, 1.165) is 46.3 Å². The summed E-state index contributed by atoms with van der Waals surface area (Å²) >= 11 is 3.25. The molecule has 0 aliphatic rings. The zero-order chi connectivity index (χ0) is 20.8. The number of halogens is 1. The molecule has 0 fully saturated rings. The first-order valence-electron chi connectivity index (χ1n) is 10.2. The molecule has 7 heteroatoms. The molecule has 0 unspecified atom stereocenters. The van der Waals surface area contributed by atoms with Crippen LogP contribution in [0.1, 0.15) is 36.7 Å². The number of hydrogen-bond acceptors (Lipinski definition) is 5. The van der Waals surface area contributed by atoms with Crippen LogP contribution in [0, 0.1) is 0 Å². The Balaban J connectivity index is 0.00000320. The fourth-order valence-electron chi connectivity index (χ4n) is 3.27. The molecule has 0 bridgehead atoms. The van der Waals surface area contributed by atoms with Gasteiger partial charge in [0.05, 0.1) is 10.2 Å². The minimum Gasteiger partial charge on any atom is -0.302 e. The van der Waals surface area contributed by atoms with Crippen molar-refractivity contribution in [1.82, 2.24) is 9.88 Å². The predicted molar refractivity (Wildman–Crippen MR) is 134 cm³/mol. The molecule has 0 N–H and O–H groups in total. The second-order valence-electron chi connectivity index (χ2n) is 6.87. The summed E-state index contributed by atoms with van der Waals surface area (Å²) in [6, 6.07) is 14.2. The van der Waals surface area contributed by atoms with E-state index in [9.17, 15) is 4.79 Å². The van der Waals surface area contributed by atoms with Gasteiger partial charge in [-0.15, -0.1) is 24.2 Å². The fourth-order valence-corrected chi connectivity index (χ4v) is 4.78. The maximum absolute atomic E-state index is 13.5. The highest BCUT2D eigenvalue weighted by molar-refractivity contribution is 7.98. The van der Waals surface area contributed by atoms with Gasteiger partial charge in [0.2, 0.25) is 0 Å². The number of carbonyl (C=O) groups excluding carboxylic acids is 1. The third kappa shape index (κ3) is 5.76. The van der Waals surface area contributed by atoms with E-state index in [-0.39, 0.29) is 18.3 Å². The van der Waals surface area contributed by atoms with Crippen LogP contribution in [0.4, 0.5) is 5.13 Å². The number of amides is 1. The minimum absolute atomic E-state index is 0. The van der Waals surface area contributed by atoms with Crippen molar-refractivity contribution in [2.75, 3.05) is 37.3 Å². The van der Waals surface area contributed by atoms with E-state index in [4.69, 9.17) is 4.98 Å². The molecular formula is C23H30ClN3OS2. The summed E-state index contributed by atoms with van der Waals surface area (Å²) < 4.78 is 1.14. The van der Waals surface area contributed by atoms with E-state index in [2.05, 4.69) is 43.9 Å². The van der Waals surface area contributed by atoms with Crippen LogP contribution < -0.4 is 4.90 Å². The number of nitrogens with zero attached hydrogens (tertiary/aromatic N) is 3. The molecule has 162 valence electrons. The Morgan fingerprint density at radius 1 is 1.07 bits per heavy atom. The molecule has 0 aliphatic heterocycles. The lowest BCUT2D eigenvalue weighted by Gasteiger charge is -2.24. The Hall–Kier alpha value is -1.60. The Morgan fingerprint density at radius 2 is 1.83 bits per heavy atom. The maximum atomic E-state index is 13.5. The van der Waals surface area contributed by atoms with Crippen LogP contribution in [0.5, 0.6) is 0 Å². The van der Waals surface area contributed by atoms with Crippen molar-refractivity contribution in [2.24, 2.45) is 0 Å². The highest BCUT2D eigenvalue weighted by Gasteiger charge is 2.22. The van der Waals surface area contributed by atoms with Gasteiger partial charge in [-0.2, -0.15) is 0 Å². The Morgan fingerprint density at radius 3 is 2.50 bits per heavy atom. The van der Waals surface area contributed by atoms with Crippen molar-refractivity contribution in [3.05, 3.63) is 53.6 Å². The number of thiazole rings is 1. The van der Waals surface area contributed by atoms with E-state index in [1.165, 1.54) is 5.56 Å². The predicted octanol–water partition coefficient (Wildman–Crippen LogP) is 5.99. The number of fused-ring (bicyclic) bond motifs is 1. The molecule has 0 atom stereocenters. The second kappa shape index (κ2) is 11.7. The molecule has 0 radical (unpaired) electrons. The quantitative estimate of drug-likeness (QED) is 0.365. The number of aryl methyl sites for hydroxylation is 1. The van der Waals surface area contributed by atoms with Gasteiger partial charge < -0.3 is 4.90 Å². The van der Waals surface area contributed by atoms with Gasteiger partial charge in [-0.25, -0.2) is 4.98 Å². The van der Waals surface area contributed by atoms with Crippen LogP contribution in [-0.2, 0) is 6.42 Å². The van der Waals surface area contributed by atoms with Gasteiger partial charge >= 0.3 is 0 Å². The maximum Gasteiger partial charge on any atom is 0.260 e. The van der Waals surface area contributed by atoms with Crippen molar-refractivity contribution in [2.45, 2.75) is 32.1 Å². The van der Waals surface area contributed by atoms with Gasteiger partial charge in [-0.05, 0) is 61.7 Å². The number of rotatable bonds is 9. The van der Waals surface area contributed by atoms with Gasteiger partial charge in [-0.1, -0.05) is 44.2 Å². The highest BCUT2D eigenvalue weighted by Crippen LogP contribution is 2.31. The van der Waals surface area contributed by atoms with Crippen LogP contribution in [0.15, 0.2) is 47.4 Å². The molecule has 1 heterocycles. The van der Waals surface area contributed by atoms with Crippen molar-refractivity contribution in [3.8, 4) is 0 Å². The van der Waals surface area contributed by atoms with E-state index < -0.39 is 0 Å². The van der Waals surface area contributed by atoms with E-state index in [1.807, 2.05) is 35.4 Å². The zero-order valence-corrected chi connectivity index (χ0v) is 20.5. The van der Waals surface area contributed by atoms with Crippen molar-refractivity contribution in [1.29, 1.82) is 0 Å². The largest absolute Gasteiger partial charge is 0.302 e. The third-order valence-corrected chi connectivity index (χ3v) is 6.94. The van der Waals surface area contributed by atoms with Crippen LogP contribution in [0.2, 0.25) is 0 Å². The van der Waals surface area contributed by atoms with Crippen LogP contribution in [0.3, 0.4) is 0 Å². The smallest absolute Gasteiger partial charge is 0.260 e. The lowest BCUT2D eigenvalue weighted by molar-refractivity contribution is 0.0983. The molecule has 1 aromatic heterocycles. The fraction of sp³-hybridized carbons (Fsp3) is 0.391. The van der Waals surface area contributed by atoms with E-state index >= 15 is 0 Å². The van der Waals surface area contributed by atoms with Gasteiger partial charge in [0.15, 0.2) is 5.13 Å². The molecule has 3 rings (SSSR count). The number of hydrogen-bond donors (Lipinski definition) is 0. The normalized spacial score (nSPS) is 11.0. The summed E-state index contributed by atoms with van der Waals surface area (Å²) in [4.78, 5) is 23.6. The number of thioether (sulfide) groups is 1. The van der Waals surface area contributed by atoms with Crippen molar-refractivity contribution in [3.63, 3.8) is 0 Å². The zero-order valence-electron chi connectivity index (χ0n) is 18.1. The van der Waals surface area contributed by atoms with Gasteiger partial charge in [-0.3, -0.25) is 9.69 Å². The van der Waals surface area contributed by atoms with Crippen molar-refractivity contribution < 1.29 is 4.79 Å². The third-order valence-electron chi connectivity index (χ3n) is 5.18. The Bertz CT molecular complexity index is 972. The molecule has 0 spiro atoms. The van der Waals surface area contributed by atoms with Gasteiger partial charge in [0.25, 0.3) is 5.91 Å². The average molecular weight is 464 g/mol. The molecule has 2 aromatic carbocycles. The number of aromatic nitrogens is 1. The summed E-state index contributed by atoms with van der Waals surface area (Å²) in [7, 11) is 0. The van der Waals surface area contributed by atoms with E-state index in [0.29, 0.717) is 12.1 Å². The molecule has 1 amide bonds. The lowest BCUT2D eigenvalue weighted by Crippen LogP contribution is -2.38. The average Bonchev–Trinajstić information content (AvgIpc) is 3.19. The summed E-state index contributed by atoms with van der Waals surface area (Å²) in [6.45, 7) is 9.87. The molecule has 0 saturated carbocycles. The summed E-state index contributed by atoms with van der Waals surface area (Å²) in [5.74, 6) is 0.0165. The summed E-state index contributed by atoms with van der Waals surface area (Å²) in [5.41, 5.74) is 2.96. The molecule has 0 saturated heterocycles. The van der Waals surface area contributed by atoms with E-state index in [1.54, 1.807) is 23.1 Å². The van der Waals surface area contributed by atoms with Crippen LogP contribution >= 0.6 is 35.5 Å². The number of anilines is 1. The molecule has 3 aromatic rings. The second-order valence-corrected chi connectivity index (χ2v) is 8.76. The summed E-state index contributed by atoms with van der Waals surface area (Å²) in [5, 5.41) is 0.778. The Kier molecular flexibility index (Phi) is 9.62. The lowest BCUT2D eigenvalue weighted by atomic mass is 10.2. The standard InChI is InChI=1S/C23H29N3OS2.ClH/c1-5-17-11-12-20-21(15-17)29-23(24-20)26(14-13-25(6-2)7-3)22(27)18-9-8-10-19(16-18)28-4;/h8-12,15-16H,5-7,13-14H2,1-4H3;1H. The first kappa shape index (κ1) is 24.7. The molecule has 0 aliphatic carbocycles. The van der Waals surface area contributed by atoms with Crippen LogP contribution in [-0.4, -0.2) is 48.2 Å². The van der Waals surface area contributed by atoms with Crippen LogP contribution in [0.25, 0.3) is 10.2 Å².